The van der Waals surface area contributed by atoms with E-state index in [1.165, 1.54) is 6.42 Å². The molecule has 1 N–H and O–H groups in total. The SMILES string of the molecule is CC(C)N(CC1CCCN1)C(=O)c1cc(Br)cc(Br)c1. The largest absolute Gasteiger partial charge is 0.335 e. The Balaban J connectivity index is 2.17. The van der Waals surface area contributed by atoms with Crippen molar-refractivity contribution in [2.24, 2.45) is 0 Å². The number of benzene rings is 1. The fourth-order valence-electron chi connectivity index (χ4n) is 2.52. The Labute approximate surface area is 137 Å². The van der Waals surface area contributed by atoms with Crippen molar-refractivity contribution in [2.75, 3.05) is 13.1 Å². The van der Waals surface area contributed by atoms with E-state index in [4.69, 9.17) is 0 Å². The van der Waals surface area contributed by atoms with Gasteiger partial charge in [-0.1, -0.05) is 31.9 Å². The zero-order valence-corrected chi connectivity index (χ0v) is 15.0. The van der Waals surface area contributed by atoms with Crippen molar-refractivity contribution in [2.45, 2.75) is 38.8 Å². The second-order valence-corrected chi connectivity index (χ2v) is 7.33. The van der Waals surface area contributed by atoms with Crippen molar-refractivity contribution in [1.29, 1.82) is 0 Å². The molecule has 0 aromatic heterocycles. The lowest BCUT2D eigenvalue weighted by atomic mass is 10.1. The maximum Gasteiger partial charge on any atom is 0.254 e. The average Bonchev–Trinajstić information content (AvgIpc) is 2.86. The number of carbonyl (C=O) groups is 1. The van der Waals surface area contributed by atoms with Crippen LogP contribution in [0.25, 0.3) is 0 Å². The molecule has 1 amide bonds. The van der Waals surface area contributed by atoms with Gasteiger partial charge in [0.1, 0.15) is 0 Å². The van der Waals surface area contributed by atoms with Crippen LogP contribution in [0.4, 0.5) is 0 Å². The van der Waals surface area contributed by atoms with Gasteiger partial charge in [-0.3, -0.25) is 4.79 Å². The van der Waals surface area contributed by atoms with E-state index in [0.717, 1.165) is 34.0 Å². The van der Waals surface area contributed by atoms with Crippen LogP contribution in [0.15, 0.2) is 27.1 Å². The highest BCUT2D eigenvalue weighted by atomic mass is 79.9. The summed E-state index contributed by atoms with van der Waals surface area (Å²) in [6, 6.07) is 6.32. The van der Waals surface area contributed by atoms with Crippen molar-refractivity contribution in [3.05, 3.63) is 32.7 Å². The molecule has 1 fully saturated rings. The molecule has 1 aliphatic rings. The van der Waals surface area contributed by atoms with Gasteiger partial charge in [-0.2, -0.15) is 0 Å². The molecule has 1 unspecified atom stereocenters. The Morgan fingerprint density at radius 2 is 2.00 bits per heavy atom. The molecular weight excluding hydrogens is 384 g/mol. The molecule has 110 valence electrons. The summed E-state index contributed by atoms with van der Waals surface area (Å²) in [5, 5.41) is 3.46. The number of halogens is 2. The zero-order valence-electron chi connectivity index (χ0n) is 11.8. The fraction of sp³-hybridized carbons (Fsp3) is 0.533. The third-order valence-electron chi connectivity index (χ3n) is 3.57. The Morgan fingerprint density at radius 3 is 2.50 bits per heavy atom. The van der Waals surface area contributed by atoms with E-state index >= 15 is 0 Å². The van der Waals surface area contributed by atoms with Crippen LogP contribution in [0.5, 0.6) is 0 Å². The second-order valence-electron chi connectivity index (χ2n) is 5.50. The molecule has 2 rings (SSSR count). The summed E-state index contributed by atoms with van der Waals surface area (Å²) in [5.41, 5.74) is 0.720. The number of nitrogens with zero attached hydrogens (tertiary/aromatic N) is 1. The van der Waals surface area contributed by atoms with E-state index in [1.54, 1.807) is 0 Å². The van der Waals surface area contributed by atoms with Crippen molar-refractivity contribution >= 4 is 37.8 Å². The number of amides is 1. The quantitative estimate of drug-likeness (QED) is 0.828. The molecule has 0 radical (unpaired) electrons. The monoisotopic (exact) mass is 402 g/mol. The molecule has 1 atom stereocenters. The predicted molar refractivity (Wildman–Crippen MR) is 89.0 cm³/mol. The molecule has 20 heavy (non-hydrogen) atoms. The molecular formula is C15H20Br2N2O. The topological polar surface area (TPSA) is 32.3 Å². The van der Waals surface area contributed by atoms with Gasteiger partial charge in [-0.05, 0) is 51.4 Å². The van der Waals surface area contributed by atoms with Crippen molar-refractivity contribution in [3.63, 3.8) is 0 Å². The van der Waals surface area contributed by atoms with Crippen LogP contribution < -0.4 is 5.32 Å². The Bertz CT molecular complexity index is 465. The molecule has 1 aromatic rings. The van der Waals surface area contributed by atoms with E-state index in [0.29, 0.717) is 6.04 Å². The molecule has 1 aliphatic heterocycles. The molecule has 1 aromatic carbocycles. The molecule has 0 bridgehead atoms. The van der Waals surface area contributed by atoms with Crippen molar-refractivity contribution in [1.82, 2.24) is 10.2 Å². The first-order valence-electron chi connectivity index (χ1n) is 6.98. The summed E-state index contributed by atoms with van der Waals surface area (Å²) >= 11 is 6.89. The van der Waals surface area contributed by atoms with Gasteiger partial charge in [-0.15, -0.1) is 0 Å². The standard InChI is InChI=1S/C15H20Br2N2O/c1-10(2)19(9-14-4-3-5-18-14)15(20)11-6-12(16)8-13(17)7-11/h6-8,10,14,18H,3-5,9H2,1-2H3. The van der Waals surface area contributed by atoms with E-state index in [1.807, 2.05) is 23.1 Å². The minimum atomic E-state index is 0.0932. The van der Waals surface area contributed by atoms with E-state index in [2.05, 4.69) is 51.0 Å². The highest BCUT2D eigenvalue weighted by molar-refractivity contribution is 9.11. The van der Waals surface area contributed by atoms with Crippen LogP contribution in [-0.4, -0.2) is 36.0 Å². The van der Waals surface area contributed by atoms with Crippen LogP contribution in [0.2, 0.25) is 0 Å². The van der Waals surface area contributed by atoms with E-state index < -0.39 is 0 Å². The van der Waals surface area contributed by atoms with Gasteiger partial charge in [0.2, 0.25) is 0 Å². The second kappa shape index (κ2) is 7.05. The minimum Gasteiger partial charge on any atom is -0.335 e. The maximum absolute atomic E-state index is 12.7. The average molecular weight is 404 g/mol. The fourth-order valence-corrected chi connectivity index (χ4v) is 3.82. The molecule has 5 heteroatoms. The normalized spacial score (nSPS) is 18.6. The van der Waals surface area contributed by atoms with Gasteiger partial charge in [-0.25, -0.2) is 0 Å². The summed E-state index contributed by atoms with van der Waals surface area (Å²) in [6.07, 6.45) is 2.35. The lowest BCUT2D eigenvalue weighted by molar-refractivity contribution is 0.0689. The molecule has 3 nitrogen and oxygen atoms in total. The molecule has 1 heterocycles. The molecule has 1 saturated heterocycles. The summed E-state index contributed by atoms with van der Waals surface area (Å²) in [7, 11) is 0. The van der Waals surface area contributed by atoms with Gasteiger partial charge < -0.3 is 10.2 Å². The highest BCUT2D eigenvalue weighted by Gasteiger charge is 2.24. The van der Waals surface area contributed by atoms with E-state index in [9.17, 15) is 4.79 Å². The summed E-state index contributed by atoms with van der Waals surface area (Å²) < 4.78 is 1.83. The van der Waals surface area contributed by atoms with Gasteiger partial charge in [0, 0.05) is 33.1 Å². The Hall–Kier alpha value is -0.390. The Morgan fingerprint density at radius 1 is 1.35 bits per heavy atom. The first kappa shape index (κ1) is 16.0. The molecule has 0 aliphatic carbocycles. The first-order valence-corrected chi connectivity index (χ1v) is 8.56. The maximum atomic E-state index is 12.7. The van der Waals surface area contributed by atoms with Crippen LogP contribution in [0.1, 0.15) is 37.0 Å². The van der Waals surface area contributed by atoms with Gasteiger partial charge >= 0.3 is 0 Å². The number of nitrogens with one attached hydrogen (secondary N) is 1. The lowest BCUT2D eigenvalue weighted by Crippen LogP contribution is -2.44. The lowest BCUT2D eigenvalue weighted by Gasteiger charge is -2.29. The number of hydrogen-bond acceptors (Lipinski definition) is 2. The summed E-state index contributed by atoms with van der Waals surface area (Å²) in [6.45, 7) is 5.98. The summed E-state index contributed by atoms with van der Waals surface area (Å²) in [4.78, 5) is 14.7. The molecule has 0 saturated carbocycles. The van der Waals surface area contributed by atoms with Crippen molar-refractivity contribution < 1.29 is 4.79 Å². The third-order valence-corrected chi connectivity index (χ3v) is 4.49. The van der Waals surface area contributed by atoms with Crippen LogP contribution in [0.3, 0.4) is 0 Å². The smallest absolute Gasteiger partial charge is 0.254 e. The minimum absolute atomic E-state index is 0.0932. The number of carbonyl (C=O) groups excluding carboxylic acids is 1. The van der Waals surface area contributed by atoms with E-state index in [-0.39, 0.29) is 11.9 Å². The summed E-state index contributed by atoms with van der Waals surface area (Å²) in [5.74, 6) is 0.0932. The predicted octanol–water partition coefficient (Wildman–Crippen LogP) is 3.81. The van der Waals surface area contributed by atoms with Crippen LogP contribution in [-0.2, 0) is 0 Å². The number of rotatable bonds is 4. The van der Waals surface area contributed by atoms with Gasteiger partial charge in [0.25, 0.3) is 5.91 Å². The zero-order chi connectivity index (χ0) is 14.7. The molecule has 0 spiro atoms. The Kier molecular flexibility index (Phi) is 5.64. The number of hydrogen-bond donors (Lipinski definition) is 1. The van der Waals surface area contributed by atoms with Crippen LogP contribution >= 0.6 is 31.9 Å². The van der Waals surface area contributed by atoms with Crippen LogP contribution in [0, 0.1) is 0 Å². The van der Waals surface area contributed by atoms with Crippen molar-refractivity contribution in [3.8, 4) is 0 Å². The highest BCUT2D eigenvalue weighted by Crippen LogP contribution is 2.22. The van der Waals surface area contributed by atoms with Gasteiger partial charge in [0.15, 0.2) is 0 Å². The van der Waals surface area contributed by atoms with Gasteiger partial charge in [0.05, 0.1) is 0 Å². The first-order chi connectivity index (χ1) is 9.47. The third kappa shape index (κ3) is 4.06.